The van der Waals surface area contributed by atoms with Crippen LogP contribution in [0.2, 0.25) is 0 Å². The Labute approximate surface area is 261 Å². The molecule has 1 unspecified atom stereocenters. The third-order valence-electron chi connectivity index (χ3n) is 6.65. The third-order valence-corrected chi connectivity index (χ3v) is 7.75. The zero-order chi connectivity index (χ0) is 31.6. The van der Waals surface area contributed by atoms with Crippen LogP contribution >= 0.6 is 11.8 Å². The fourth-order valence-electron chi connectivity index (χ4n) is 4.15. The van der Waals surface area contributed by atoms with Crippen LogP contribution in [0.4, 0.5) is 11.4 Å². The van der Waals surface area contributed by atoms with Gasteiger partial charge in [0, 0.05) is 27.4 Å². The second-order valence-corrected chi connectivity index (χ2v) is 11.8. The molecule has 0 aliphatic carbocycles. The van der Waals surface area contributed by atoms with Gasteiger partial charge in [0.2, 0.25) is 11.8 Å². The minimum atomic E-state index is -0.541. The van der Waals surface area contributed by atoms with Gasteiger partial charge < -0.3 is 21.7 Å². The number of primary amides is 1. The van der Waals surface area contributed by atoms with Crippen LogP contribution in [0.15, 0.2) is 114 Å². The van der Waals surface area contributed by atoms with Crippen molar-refractivity contribution in [2.45, 2.75) is 36.8 Å². The van der Waals surface area contributed by atoms with Gasteiger partial charge in [-0.25, -0.2) is 0 Å². The summed E-state index contributed by atoms with van der Waals surface area (Å²) < 4.78 is 0. The normalized spacial score (nSPS) is 11.9. The standard InChI is InChI=1S/C35H34N4O4S/c1-22(2)25-14-12-24(13-15-25)20-31(39-34(42)27-8-5-4-6-9-27)35(43)38-29-10-7-11-30(21-29)44-23(3)33(41)37-28-18-16-26(17-19-28)32(36)40/h4-23H,1-3H3,(H2,36,40)(H,37,41)(H,38,43)(H,39,42)/b31-20+. The van der Waals surface area contributed by atoms with Crippen molar-refractivity contribution in [3.8, 4) is 0 Å². The summed E-state index contributed by atoms with van der Waals surface area (Å²) in [4.78, 5) is 51.3. The van der Waals surface area contributed by atoms with Gasteiger partial charge in [-0.1, -0.05) is 62.4 Å². The molecule has 4 rings (SSSR count). The topological polar surface area (TPSA) is 130 Å². The maximum Gasteiger partial charge on any atom is 0.272 e. The van der Waals surface area contributed by atoms with E-state index in [0.717, 1.165) is 10.5 Å². The molecule has 0 aliphatic rings. The fraction of sp³-hybridized carbons (Fsp3) is 0.143. The Bertz CT molecular complexity index is 1670. The molecular formula is C35H34N4O4S. The molecule has 4 aromatic rings. The molecule has 0 spiro atoms. The number of anilines is 2. The average Bonchev–Trinajstić information content (AvgIpc) is 3.01. The van der Waals surface area contributed by atoms with E-state index < -0.39 is 23.0 Å². The molecule has 5 N–H and O–H groups in total. The molecule has 4 aromatic carbocycles. The van der Waals surface area contributed by atoms with E-state index in [2.05, 4.69) is 29.8 Å². The molecule has 9 heteroatoms. The van der Waals surface area contributed by atoms with Gasteiger partial charge in [-0.3, -0.25) is 19.2 Å². The van der Waals surface area contributed by atoms with Crippen LogP contribution in [0.25, 0.3) is 6.08 Å². The highest BCUT2D eigenvalue weighted by Crippen LogP contribution is 2.27. The Hall–Kier alpha value is -5.15. The number of amides is 4. The average molecular weight is 607 g/mol. The molecule has 0 aromatic heterocycles. The van der Waals surface area contributed by atoms with E-state index >= 15 is 0 Å². The highest BCUT2D eigenvalue weighted by Gasteiger charge is 2.18. The SMILES string of the molecule is CC(Sc1cccc(NC(=O)/C(=C\c2ccc(C(C)C)cc2)NC(=O)c2ccccc2)c1)C(=O)Nc1ccc(C(N)=O)cc1. The molecule has 8 nitrogen and oxygen atoms in total. The second kappa shape index (κ2) is 14.8. The van der Waals surface area contributed by atoms with E-state index in [0.29, 0.717) is 28.4 Å². The summed E-state index contributed by atoms with van der Waals surface area (Å²) in [6.45, 7) is 5.98. The van der Waals surface area contributed by atoms with Crippen molar-refractivity contribution in [1.29, 1.82) is 0 Å². The number of hydrogen-bond donors (Lipinski definition) is 4. The highest BCUT2D eigenvalue weighted by molar-refractivity contribution is 8.00. The van der Waals surface area contributed by atoms with Crippen molar-refractivity contribution in [2.24, 2.45) is 5.73 Å². The summed E-state index contributed by atoms with van der Waals surface area (Å²) in [6.07, 6.45) is 1.64. The van der Waals surface area contributed by atoms with E-state index in [-0.39, 0.29) is 11.6 Å². The number of nitrogens with two attached hydrogens (primary N) is 1. The summed E-state index contributed by atoms with van der Waals surface area (Å²) in [5, 5.41) is 7.99. The van der Waals surface area contributed by atoms with Crippen molar-refractivity contribution in [3.05, 3.63) is 131 Å². The summed E-state index contributed by atoms with van der Waals surface area (Å²) in [6, 6.07) is 30.0. The smallest absolute Gasteiger partial charge is 0.272 e. The minimum Gasteiger partial charge on any atom is -0.366 e. The van der Waals surface area contributed by atoms with Crippen LogP contribution in [-0.2, 0) is 9.59 Å². The number of rotatable bonds is 11. The van der Waals surface area contributed by atoms with Crippen molar-refractivity contribution < 1.29 is 19.2 Å². The van der Waals surface area contributed by atoms with Gasteiger partial charge in [0.25, 0.3) is 11.8 Å². The number of benzene rings is 4. The van der Waals surface area contributed by atoms with Crippen molar-refractivity contribution in [1.82, 2.24) is 5.32 Å². The lowest BCUT2D eigenvalue weighted by atomic mass is 10.0. The molecule has 0 fully saturated rings. The van der Waals surface area contributed by atoms with Crippen molar-refractivity contribution in [2.75, 3.05) is 10.6 Å². The first-order chi connectivity index (χ1) is 21.1. The van der Waals surface area contributed by atoms with Crippen LogP contribution < -0.4 is 21.7 Å². The van der Waals surface area contributed by atoms with Crippen LogP contribution in [0.3, 0.4) is 0 Å². The lowest BCUT2D eigenvalue weighted by Gasteiger charge is -2.14. The molecular weight excluding hydrogens is 572 g/mol. The first-order valence-electron chi connectivity index (χ1n) is 14.1. The summed E-state index contributed by atoms with van der Waals surface area (Å²) >= 11 is 1.32. The van der Waals surface area contributed by atoms with Gasteiger partial charge in [0.05, 0.1) is 5.25 Å². The Kier molecular flexibility index (Phi) is 10.7. The van der Waals surface area contributed by atoms with Crippen molar-refractivity contribution >= 4 is 52.8 Å². The van der Waals surface area contributed by atoms with E-state index in [1.54, 1.807) is 79.7 Å². The number of nitrogens with one attached hydrogen (secondary N) is 3. The van der Waals surface area contributed by atoms with Crippen LogP contribution in [0.1, 0.15) is 58.5 Å². The Morgan fingerprint density at radius 1 is 0.727 bits per heavy atom. The lowest BCUT2D eigenvalue weighted by molar-refractivity contribution is -0.115. The predicted octanol–water partition coefficient (Wildman–Crippen LogP) is 6.44. The number of carbonyl (C=O) groups excluding carboxylic acids is 4. The molecule has 44 heavy (non-hydrogen) atoms. The maximum absolute atomic E-state index is 13.5. The van der Waals surface area contributed by atoms with Crippen molar-refractivity contribution in [3.63, 3.8) is 0 Å². The van der Waals surface area contributed by atoms with Gasteiger partial charge in [-0.2, -0.15) is 0 Å². The van der Waals surface area contributed by atoms with Gasteiger partial charge in [0.1, 0.15) is 5.70 Å². The predicted molar refractivity (Wildman–Crippen MR) is 176 cm³/mol. The monoisotopic (exact) mass is 606 g/mol. The maximum atomic E-state index is 13.5. The summed E-state index contributed by atoms with van der Waals surface area (Å²) in [5.41, 5.74) is 9.12. The zero-order valence-electron chi connectivity index (χ0n) is 24.7. The molecule has 0 radical (unpaired) electrons. The van der Waals surface area contributed by atoms with Crippen LogP contribution in [-0.4, -0.2) is 28.9 Å². The van der Waals surface area contributed by atoms with E-state index in [4.69, 9.17) is 5.73 Å². The first-order valence-corrected chi connectivity index (χ1v) is 14.9. The largest absolute Gasteiger partial charge is 0.366 e. The Morgan fingerprint density at radius 2 is 1.41 bits per heavy atom. The number of carbonyl (C=O) groups is 4. The molecule has 4 amide bonds. The third kappa shape index (κ3) is 8.92. The molecule has 0 aliphatic heterocycles. The zero-order valence-corrected chi connectivity index (χ0v) is 25.5. The molecule has 0 heterocycles. The summed E-state index contributed by atoms with van der Waals surface area (Å²) in [7, 11) is 0. The highest BCUT2D eigenvalue weighted by atomic mass is 32.2. The Morgan fingerprint density at radius 3 is 2.05 bits per heavy atom. The van der Waals surface area contributed by atoms with Gasteiger partial charge in [0.15, 0.2) is 0 Å². The second-order valence-electron chi connectivity index (χ2n) is 10.4. The van der Waals surface area contributed by atoms with Gasteiger partial charge in [-0.05, 0) is 84.6 Å². The molecule has 224 valence electrons. The molecule has 0 saturated carbocycles. The van der Waals surface area contributed by atoms with Gasteiger partial charge in [-0.15, -0.1) is 11.8 Å². The first kappa shape index (κ1) is 31.8. The van der Waals surface area contributed by atoms with E-state index in [1.807, 2.05) is 36.4 Å². The Balaban J connectivity index is 1.47. The molecule has 0 saturated heterocycles. The van der Waals surface area contributed by atoms with E-state index in [9.17, 15) is 19.2 Å². The number of thioether (sulfide) groups is 1. The van der Waals surface area contributed by atoms with Crippen LogP contribution in [0, 0.1) is 0 Å². The van der Waals surface area contributed by atoms with E-state index in [1.165, 1.54) is 17.3 Å². The molecule has 1 atom stereocenters. The van der Waals surface area contributed by atoms with Crippen LogP contribution in [0.5, 0.6) is 0 Å². The summed E-state index contributed by atoms with van der Waals surface area (Å²) in [5.74, 6) is -1.30. The lowest BCUT2D eigenvalue weighted by Crippen LogP contribution is -2.30. The molecule has 0 bridgehead atoms. The minimum absolute atomic E-state index is 0.0873. The quantitative estimate of drug-likeness (QED) is 0.115. The fourth-order valence-corrected chi connectivity index (χ4v) is 5.08. The van der Waals surface area contributed by atoms with Gasteiger partial charge >= 0.3 is 0 Å². The number of hydrogen-bond acceptors (Lipinski definition) is 5.